The fourth-order valence-electron chi connectivity index (χ4n) is 4.15. The van der Waals surface area contributed by atoms with Gasteiger partial charge in [-0.3, -0.25) is 9.48 Å². The molecule has 1 aromatic heterocycles. The largest absolute Gasteiger partial charge is 0.497 e. The number of aryl methyl sites for hydroxylation is 1. The van der Waals surface area contributed by atoms with Crippen LogP contribution in [0.4, 0.5) is 0 Å². The number of amides is 1. The van der Waals surface area contributed by atoms with Crippen molar-refractivity contribution < 1.29 is 19.4 Å². The van der Waals surface area contributed by atoms with Gasteiger partial charge in [0.1, 0.15) is 23.1 Å². The first-order valence-electron chi connectivity index (χ1n) is 9.87. The quantitative estimate of drug-likeness (QED) is 0.874. The molecule has 7 nitrogen and oxygen atoms in total. The van der Waals surface area contributed by atoms with E-state index in [1.807, 2.05) is 42.3 Å². The van der Waals surface area contributed by atoms with Crippen molar-refractivity contribution in [1.29, 1.82) is 0 Å². The number of methoxy groups -OCH3 is 1. The predicted octanol–water partition coefficient (Wildman–Crippen LogP) is 2.33. The molecule has 1 atom stereocenters. The van der Waals surface area contributed by atoms with Gasteiger partial charge in [0.25, 0.3) is 0 Å². The van der Waals surface area contributed by atoms with Gasteiger partial charge < -0.3 is 19.5 Å². The van der Waals surface area contributed by atoms with Gasteiger partial charge in [-0.15, -0.1) is 0 Å². The van der Waals surface area contributed by atoms with E-state index in [1.165, 1.54) is 0 Å². The van der Waals surface area contributed by atoms with Gasteiger partial charge in [0.05, 0.1) is 19.7 Å². The van der Waals surface area contributed by atoms with Crippen LogP contribution >= 0.6 is 0 Å². The number of ether oxygens (including phenoxy) is 2. The van der Waals surface area contributed by atoms with Crippen molar-refractivity contribution in [3.8, 4) is 11.5 Å². The van der Waals surface area contributed by atoms with E-state index in [0.29, 0.717) is 50.2 Å². The van der Waals surface area contributed by atoms with E-state index >= 15 is 0 Å². The lowest BCUT2D eigenvalue weighted by molar-refractivity contribution is -0.135. The second-order valence-corrected chi connectivity index (χ2v) is 7.65. The molecule has 1 fully saturated rings. The van der Waals surface area contributed by atoms with E-state index in [9.17, 15) is 9.90 Å². The molecule has 0 aliphatic carbocycles. The van der Waals surface area contributed by atoms with Gasteiger partial charge in [-0.2, -0.15) is 5.10 Å². The van der Waals surface area contributed by atoms with E-state index in [4.69, 9.17) is 9.47 Å². The summed E-state index contributed by atoms with van der Waals surface area (Å²) in [5, 5.41) is 15.0. The Hall–Kier alpha value is -2.54. The summed E-state index contributed by atoms with van der Waals surface area (Å²) in [5.41, 5.74) is 1.16. The molecule has 1 aromatic carbocycles. The smallest absolute Gasteiger partial charge is 0.226 e. The van der Waals surface area contributed by atoms with Gasteiger partial charge in [-0.05, 0) is 24.6 Å². The highest BCUT2D eigenvalue weighted by atomic mass is 16.5. The van der Waals surface area contributed by atoms with Gasteiger partial charge in [-0.1, -0.05) is 12.1 Å². The van der Waals surface area contributed by atoms with E-state index in [-0.39, 0.29) is 5.91 Å². The number of hydrogen-bond acceptors (Lipinski definition) is 5. The Labute approximate surface area is 164 Å². The van der Waals surface area contributed by atoms with Crippen LogP contribution in [0, 0.1) is 0 Å². The summed E-state index contributed by atoms with van der Waals surface area (Å²) in [4.78, 5) is 14.6. The molecular formula is C21H27N3O4. The summed E-state index contributed by atoms with van der Waals surface area (Å²) in [7, 11) is 1.62. The zero-order chi connectivity index (χ0) is 19.7. The van der Waals surface area contributed by atoms with E-state index in [2.05, 4.69) is 5.10 Å². The van der Waals surface area contributed by atoms with Crippen LogP contribution in [0.15, 0.2) is 30.5 Å². The van der Waals surface area contributed by atoms with Crippen molar-refractivity contribution in [3.05, 3.63) is 41.7 Å². The molecule has 7 heteroatoms. The third kappa shape index (κ3) is 3.58. The minimum Gasteiger partial charge on any atom is -0.497 e. The van der Waals surface area contributed by atoms with Crippen LogP contribution in [0.3, 0.4) is 0 Å². The molecule has 1 saturated heterocycles. The Morgan fingerprint density at radius 1 is 1.39 bits per heavy atom. The molecule has 1 N–H and O–H groups in total. The van der Waals surface area contributed by atoms with Crippen LogP contribution < -0.4 is 9.47 Å². The van der Waals surface area contributed by atoms with Crippen LogP contribution in [-0.4, -0.2) is 51.5 Å². The minimum atomic E-state index is -0.615. The van der Waals surface area contributed by atoms with Crippen molar-refractivity contribution in [3.63, 3.8) is 0 Å². The lowest BCUT2D eigenvalue weighted by Crippen LogP contribution is -2.52. The number of benzene rings is 1. The minimum absolute atomic E-state index is 0.110. The first-order chi connectivity index (χ1) is 13.5. The highest BCUT2D eigenvalue weighted by Gasteiger charge is 2.44. The fourth-order valence-corrected chi connectivity index (χ4v) is 4.15. The van der Waals surface area contributed by atoms with E-state index in [1.54, 1.807) is 11.8 Å². The normalized spacial score (nSPS) is 20.5. The molecule has 1 unspecified atom stereocenters. The summed E-state index contributed by atoms with van der Waals surface area (Å²) in [5.74, 6) is 1.55. The summed E-state index contributed by atoms with van der Waals surface area (Å²) in [6.45, 7) is 4.01. The van der Waals surface area contributed by atoms with Gasteiger partial charge in [0.15, 0.2) is 5.75 Å². The zero-order valence-corrected chi connectivity index (χ0v) is 16.4. The number of nitrogens with zero attached hydrogens (tertiary/aromatic N) is 3. The highest BCUT2D eigenvalue weighted by Crippen LogP contribution is 2.43. The topological polar surface area (TPSA) is 76.8 Å². The monoisotopic (exact) mass is 385 g/mol. The molecule has 1 amide bonds. The third-order valence-electron chi connectivity index (χ3n) is 5.80. The van der Waals surface area contributed by atoms with E-state index < -0.39 is 11.7 Å². The number of aliphatic hydroxyl groups excluding tert-OH is 1. The molecule has 150 valence electrons. The number of fused-ring (bicyclic) bond motifs is 1. The van der Waals surface area contributed by atoms with Crippen LogP contribution in [0.2, 0.25) is 0 Å². The molecule has 3 heterocycles. The first kappa shape index (κ1) is 18.8. The maximum atomic E-state index is 12.7. The van der Waals surface area contributed by atoms with Crippen LogP contribution in [0.5, 0.6) is 11.5 Å². The molecule has 0 radical (unpaired) electrons. The van der Waals surface area contributed by atoms with Crippen molar-refractivity contribution in [2.45, 2.75) is 50.9 Å². The predicted molar refractivity (Wildman–Crippen MR) is 103 cm³/mol. The van der Waals surface area contributed by atoms with Crippen molar-refractivity contribution in [1.82, 2.24) is 14.7 Å². The number of carbonyl (C=O) groups is 1. The van der Waals surface area contributed by atoms with E-state index in [0.717, 1.165) is 17.9 Å². The van der Waals surface area contributed by atoms with Crippen LogP contribution in [-0.2, 0) is 17.8 Å². The van der Waals surface area contributed by atoms with Crippen molar-refractivity contribution in [2.75, 3.05) is 20.2 Å². The fraction of sp³-hybridized carbons (Fsp3) is 0.524. The SMILES string of the molecule is CCn1cc2c(n1)C(O)CC1(CCN(C(=O)Cc3cccc(OC)c3)CC1)O2. The third-order valence-corrected chi connectivity index (χ3v) is 5.80. The summed E-state index contributed by atoms with van der Waals surface area (Å²) >= 11 is 0. The molecule has 28 heavy (non-hydrogen) atoms. The first-order valence-corrected chi connectivity index (χ1v) is 9.87. The molecule has 0 saturated carbocycles. The zero-order valence-electron chi connectivity index (χ0n) is 16.4. The number of aliphatic hydroxyl groups is 1. The Morgan fingerprint density at radius 2 is 2.18 bits per heavy atom. The lowest BCUT2D eigenvalue weighted by atomic mass is 9.83. The average molecular weight is 385 g/mol. The Balaban J connectivity index is 1.39. The second-order valence-electron chi connectivity index (χ2n) is 7.65. The van der Waals surface area contributed by atoms with Crippen molar-refractivity contribution in [2.24, 2.45) is 0 Å². The molecule has 2 aliphatic heterocycles. The second kappa shape index (κ2) is 7.47. The van der Waals surface area contributed by atoms with Gasteiger partial charge >= 0.3 is 0 Å². The van der Waals surface area contributed by atoms with Crippen LogP contribution in [0.25, 0.3) is 0 Å². The number of likely N-dealkylation sites (tertiary alicyclic amines) is 1. The molecule has 4 rings (SSSR count). The van der Waals surface area contributed by atoms with Gasteiger partial charge in [0.2, 0.25) is 5.91 Å². The molecule has 2 aliphatic rings. The summed E-state index contributed by atoms with van der Waals surface area (Å²) < 4.78 is 13.3. The number of carbonyl (C=O) groups excluding carboxylic acids is 1. The highest BCUT2D eigenvalue weighted by molar-refractivity contribution is 5.79. The Morgan fingerprint density at radius 3 is 2.89 bits per heavy atom. The molecule has 1 spiro atoms. The molecule has 2 aromatic rings. The van der Waals surface area contributed by atoms with Gasteiger partial charge in [-0.25, -0.2) is 0 Å². The number of rotatable bonds is 4. The molecular weight excluding hydrogens is 358 g/mol. The maximum absolute atomic E-state index is 12.7. The molecule has 0 bridgehead atoms. The average Bonchev–Trinajstić information content (AvgIpc) is 3.12. The summed E-state index contributed by atoms with van der Waals surface area (Å²) in [6.07, 6.45) is 3.56. The number of piperidine rings is 1. The Bertz CT molecular complexity index is 855. The lowest BCUT2D eigenvalue weighted by Gasteiger charge is -2.44. The number of aromatic nitrogens is 2. The maximum Gasteiger partial charge on any atom is 0.226 e. The standard InChI is InChI=1S/C21H27N3O4/c1-3-24-14-18-20(22-24)17(25)13-21(28-18)7-9-23(10-8-21)19(26)12-15-5-4-6-16(11-15)27-2/h4-6,11,14,17,25H,3,7-10,12-13H2,1-2H3. The summed E-state index contributed by atoms with van der Waals surface area (Å²) in [6, 6.07) is 7.62. The Kier molecular flexibility index (Phi) is 5.02. The van der Waals surface area contributed by atoms with Crippen molar-refractivity contribution >= 4 is 5.91 Å². The van der Waals surface area contributed by atoms with Gasteiger partial charge in [0, 0.05) is 38.9 Å². The number of hydrogen-bond donors (Lipinski definition) is 1. The van der Waals surface area contributed by atoms with Crippen LogP contribution in [0.1, 0.15) is 43.5 Å².